The molecule has 2 atom stereocenters. The molecule has 6 heteroatoms. The van der Waals surface area contributed by atoms with Crippen LogP contribution in [0.15, 0.2) is 24.3 Å². The summed E-state index contributed by atoms with van der Waals surface area (Å²) in [7, 11) is 0. The number of benzene rings is 1. The summed E-state index contributed by atoms with van der Waals surface area (Å²) in [5.41, 5.74) is 0.403. The van der Waals surface area contributed by atoms with Crippen molar-refractivity contribution in [3.8, 4) is 6.07 Å². The van der Waals surface area contributed by atoms with Gasteiger partial charge in [-0.05, 0) is 17.7 Å². The number of nitriles is 1. The maximum atomic E-state index is 12.1. The first-order valence-electron chi connectivity index (χ1n) is 4.74. The van der Waals surface area contributed by atoms with Crippen LogP contribution in [0.2, 0.25) is 5.02 Å². The van der Waals surface area contributed by atoms with Crippen molar-refractivity contribution < 1.29 is 18.3 Å². The van der Waals surface area contributed by atoms with Gasteiger partial charge in [0.1, 0.15) is 0 Å². The first-order chi connectivity index (χ1) is 7.84. The SMILES string of the molecule is N#C[C@H](C[C@H](O)C(F)(F)F)c1ccc(Cl)cc1. The van der Waals surface area contributed by atoms with Crippen LogP contribution in [-0.4, -0.2) is 17.4 Å². The van der Waals surface area contributed by atoms with Crippen LogP contribution in [0.25, 0.3) is 0 Å². The summed E-state index contributed by atoms with van der Waals surface area (Å²) in [6, 6.07) is 7.66. The highest BCUT2D eigenvalue weighted by Crippen LogP contribution is 2.29. The molecule has 0 aromatic heterocycles. The minimum absolute atomic E-state index is 0.403. The summed E-state index contributed by atoms with van der Waals surface area (Å²) in [4.78, 5) is 0. The van der Waals surface area contributed by atoms with Crippen LogP contribution in [-0.2, 0) is 0 Å². The zero-order chi connectivity index (χ0) is 13.1. The minimum atomic E-state index is -4.71. The van der Waals surface area contributed by atoms with Crippen LogP contribution < -0.4 is 0 Å². The summed E-state index contributed by atoms with van der Waals surface area (Å²) in [5, 5.41) is 18.1. The third kappa shape index (κ3) is 3.91. The molecule has 0 fully saturated rings. The van der Waals surface area contributed by atoms with Crippen LogP contribution in [0.1, 0.15) is 17.9 Å². The van der Waals surface area contributed by atoms with E-state index in [0.717, 1.165) is 0 Å². The fourth-order valence-electron chi connectivity index (χ4n) is 1.32. The third-order valence-corrected chi connectivity index (χ3v) is 2.52. The van der Waals surface area contributed by atoms with E-state index in [2.05, 4.69) is 0 Å². The molecule has 0 aliphatic carbocycles. The van der Waals surface area contributed by atoms with Gasteiger partial charge in [0.05, 0.1) is 12.0 Å². The van der Waals surface area contributed by atoms with E-state index in [4.69, 9.17) is 22.0 Å². The maximum absolute atomic E-state index is 12.1. The third-order valence-electron chi connectivity index (χ3n) is 2.27. The molecular weight excluding hydrogens is 255 g/mol. The van der Waals surface area contributed by atoms with Crippen LogP contribution in [0.3, 0.4) is 0 Å². The van der Waals surface area contributed by atoms with Gasteiger partial charge < -0.3 is 5.11 Å². The Morgan fingerprint density at radius 2 is 1.82 bits per heavy atom. The fourth-order valence-corrected chi connectivity index (χ4v) is 1.44. The number of aliphatic hydroxyl groups excluding tert-OH is 1. The lowest BCUT2D eigenvalue weighted by Crippen LogP contribution is -2.30. The molecule has 0 aliphatic rings. The number of alkyl halides is 3. The van der Waals surface area contributed by atoms with Crippen LogP contribution in [0.4, 0.5) is 13.2 Å². The Morgan fingerprint density at radius 1 is 1.29 bits per heavy atom. The van der Waals surface area contributed by atoms with Crippen molar-refractivity contribution in [2.24, 2.45) is 0 Å². The topological polar surface area (TPSA) is 44.0 Å². The monoisotopic (exact) mass is 263 g/mol. The smallest absolute Gasteiger partial charge is 0.384 e. The van der Waals surface area contributed by atoms with Gasteiger partial charge in [-0.25, -0.2) is 0 Å². The molecule has 92 valence electrons. The minimum Gasteiger partial charge on any atom is -0.384 e. The zero-order valence-electron chi connectivity index (χ0n) is 8.58. The van der Waals surface area contributed by atoms with Crippen LogP contribution in [0.5, 0.6) is 0 Å². The molecule has 0 saturated heterocycles. The Bertz CT molecular complexity index is 410. The summed E-state index contributed by atoms with van der Waals surface area (Å²) >= 11 is 5.63. The molecule has 0 heterocycles. The Hall–Kier alpha value is -1.25. The molecule has 0 bridgehead atoms. The number of hydrogen-bond acceptors (Lipinski definition) is 2. The largest absolute Gasteiger partial charge is 0.414 e. The van der Waals surface area contributed by atoms with Gasteiger partial charge in [-0.3, -0.25) is 0 Å². The average Bonchev–Trinajstić information content (AvgIpc) is 2.25. The van der Waals surface area contributed by atoms with Gasteiger partial charge in [-0.1, -0.05) is 23.7 Å². The number of aliphatic hydroxyl groups is 1. The molecule has 2 nitrogen and oxygen atoms in total. The normalized spacial score (nSPS) is 15.1. The van der Waals surface area contributed by atoms with E-state index in [1.807, 2.05) is 0 Å². The highest BCUT2D eigenvalue weighted by atomic mass is 35.5. The lowest BCUT2D eigenvalue weighted by molar-refractivity contribution is -0.205. The van der Waals surface area contributed by atoms with Gasteiger partial charge in [0, 0.05) is 11.4 Å². The highest BCUT2D eigenvalue weighted by molar-refractivity contribution is 6.30. The van der Waals surface area contributed by atoms with Crippen molar-refractivity contribution in [1.29, 1.82) is 5.26 Å². The van der Waals surface area contributed by atoms with Gasteiger partial charge in [0.2, 0.25) is 0 Å². The molecule has 0 amide bonds. The van der Waals surface area contributed by atoms with Crippen LogP contribution in [0, 0.1) is 11.3 Å². The Kier molecular flexibility index (Phi) is 4.38. The van der Waals surface area contributed by atoms with E-state index in [0.29, 0.717) is 10.6 Å². The highest BCUT2D eigenvalue weighted by Gasteiger charge is 2.39. The van der Waals surface area contributed by atoms with Crippen molar-refractivity contribution in [2.75, 3.05) is 0 Å². The second kappa shape index (κ2) is 5.39. The number of halogens is 4. The second-order valence-electron chi connectivity index (χ2n) is 3.53. The van der Waals surface area contributed by atoms with Gasteiger partial charge in [-0.2, -0.15) is 18.4 Å². The number of nitrogens with zero attached hydrogens (tertiary/aromatic N) is 1. The van der Waals surface area contributed by atoms with E-state index < -0.39 is 24.6 Å². The quantitative estimate of drug-likeness (QED) is 0.910. The van der Waals surface area contributed by atoms with E-state index >= 15 is 0 Å². The van der Waals surface area contributed by atoms with Crippen LogP contribution >= 0.6 is 11.6 Å². The molecule has 1 N–H and O–H groups in total. The van der Waals surface area contributed by atoms with Crippen molar-refractivity contribution in [3.05, 3.63) is 34.9 Å². The standard InChI is InChI=1S/C11H9ClF3NO/c12-9-3-1-7(2-4-9)8(6-16)5-10(17)11(13,14)15/h1-4,8,10,17H,5H2/t8-,10-/m0/s1. The molecule has 1 aromatic carbocycles. The second-order valence-corrected chi connectivity index (χ2v) is 3.96. The van der Waals surface area contributed by atoms with Crippen molar-refractivity contribution in [1.82, 2.24) is 0 Å². The number of rotatable bonds is 3. The summed E-state index contributed by atoms with van der Waals surface area (Å²) in [6.07, 6.45) is -7.88. The first-order valence-corrected chi connectivity index (χ1v) is 5.12. The molecule has 17 heavy (non-hydrogen) atoms. The predicted octanol–water partition coefficient (Wildman–Crippen LogP) is 3.26. The molecule has 0 saturated carbocycles. The lowest BCUT2D eigenvalue weighted by Gasteiger charge is -2.17. The van der Waals surface area contributed by atoms with Crippen molar-refractivity contribution >= 4 is 11.6 Å². The average molecular weight is 264 g/mol. The summed E-state index contributed by atoms with van der Waals surface area (Å²) in [5.74, 6) is -1.01. The predicted molar refractivity (Wildman–Crippen MR) is 56.5 cm³/mol. The maximum Gasteiger partial charge on any atom is 0.414 e. The number of hydrogen-bond donors (Lipinski definition) is 1. The van der Waals surface area contributed by atoms with E-state index in [9.17, 15) is 13.2 Å². The summed E-state index contributed by atoms with van der Waals surface area (Å²) in [6.45, 7) is 0. The summed E-state index contributed by atoms with van der Waals surface area (Å²) < 4.78 is 36.4. The Balaban J connectivity index is 2.80. The molecule has 0 unspecified atom stereocenters. The molecule has 1 rings (SSSR count). The van der Waals surface area contributed by atoms with Gasteiger partial charge in [0.25, 0.3) is 0 Å². The first kappa shape index (κ1) is 13.8. The molecule has 1 aromatic rings. The molecule has 0 spiro atoms. The van der Waals surface area contributed by atoms with Gasteiger partial charge in [0.15, 0.2) is 6.10 Å². The molecule has 0 radical (unpaired) electrons. The molecule has 0 aliphatic heterocycles. The zero-order valence-corrected chi connectivity index (χ0v) is 9.33. The van der Waals surface area contributed by atoms with E-state index in [-0.39, 0.29) is 0 Å². The van der Waals surface area contributed by atoms with E-state index in [1.54, 1.807) is 6.07 Å². The van der Waals surface area contributed by atoms with Gasteiger partial charge in [-0.15, -0.1) is 0 Å². The van der Waals surface area contributed by atoms with Gasteiger partial charge >= 0.3 is 6.18 Å². The Labute approximate surface area is 101 Å². The molecular formula is C11H9ClF3NO. The fraction of sp³-hybridized carbons (Fsp3) is 0.364. The van der Waals surface area contributed by atoms with Crippen molar-refractivity contribution in [2.45, 2.75) is 24.6 Å². The Morgan fingerprint density at radius 3 is 2.24 bits per heavy atom. The lowest BCUT2D eigenvalue weighted by atomic mass is 9.94. The van der Waals surface area contributed by atoms with E-state index in [1.165, 1.54) is 24.3 Å². The van der Waals surface area contributed by atoms with Crippen molar-refractivity contribution in [3.63, 3.8) is 0 Å².